The zero-order valence-corrected chi connectivity index (χ0v) is 17.6. The number of halogens is 3. The van der Waals surface area contributed by atoms with Crippen LogP contribution in [0.25, 0.3) is 0 Å². The molecule has 0 bridgehead atoms. The largest absolute Gasteiger partial charge is 0.485 e. The van der Waals surface area contributed by atoms with Crippen molar-refractivity contribution in [2.75, 3.05) is 13.1 Å². The van der Waals surface area contributed by atoms with Crippen LogP contribution < -0.4 is 15.4 Å². The van der Waals surface area contributed by atoms with Crippen LogP contribution >= 0.6 is 0 Å². The first-order valence-corrected chi connectivity index (χ1v) is 10.7. The Labute approximate surface area is 178 Å². The van der Waals surface area contributed by atoms with Gasteiger partial charge in [0.2, 0.25) is 6.41 Å². The molecule has 3 atom stereocenters. The molecule has 1 heterocycles. The van der Waals surface area contributed by atoms with Crippen molar-refractivity contribution in [3.8, 4) is 0 Å². The standard InChI is InChI=1S/C10H11F3N2O2S.C6H6.C5H11N/c11-10(12,13)18(17)15-6-9(14-7-16)8-4-2-1-3-5-8;1-2-4-6-5-3-1;1-5-3-2-4-6-5/h1-5,7,9,15H,6H2,(H,14,16);1-6H;5-6H,2-4H2,1H3/t;;5-/m..1/s1. The molecule has 2 aromatic carbocycles. The maximum absolute atomic E-state index is 12.0. The van der Waals surface area contributed by atoms with Crippen LogP contribution in [0.3, 0.4) is 0 Å². The summed E-state index contributed by atoms with van der Waals surface area (Å²) in [4.78, 5) is 10.4. The number of hydrogen-bond acceptors (Lipinski definition) is 3. The lowest BCUT2D eigenvalue weighted by Gasteiger charge is -2.17. The smallest absolute Gasteiger partial charge is 0.351 e. The fourth-order valence-electron chi connectivity index (χ4n) is 2.53. The van der Waals surface area contributed by atoms with E-state index in [1.165, 1.54) is 19.4 Å². The summed E-state index contributed by atoms with van der Waals surface area (Å²) in [6.45, 7) is 3.18. The third-order valence-electron chi connectivity index (χ3n) is 4.07. The van der Waals surface area contributed by atoms with Crippen LogP contribution in [0.5, 0.6) is 0 Å². The molecule has 0 spiro atoms. The molecular formula is C21H28F3N3O2S. The van der Waals surface area contributed by atoms with Crippen LogP contribution in [0.15, 0.2) is 66.7 Å². The highest BCUT2D eigenvalue weighted by Gasteiger charge is 2.37. The molecule has 0 aromatic heterocycles. The molecule has 30 heavy (non-hydrogen) atoms. The molecule has 1 aliphatic heterocycles. The van der Waals surface area contributed by atoms with E-state index in [1.807, 2.05) is 41.1 Å². The Bertz CT molecular complexity index is 686. The van der Waals surface area contributed by atoms with Gasteiger partial charge < -0.3 is 10.6 Å². The van der Waals surface area contributed by atoms with Gasteiger partial charge in [0.25, 0.3) is 0 Å². The first kappa shape index (κ1) is 25.8. The number of amides is 1. The lowest BCUT2D eigenvalue weighted by Crippen LogP contribution is -2.36. The highest BCUT2D eigenvalue weighted by Crippen LogP contribution is 2.19. The SMILES string of the molecule is C[C@@H]1CCCN1.O=CNC(CNS(=O)C(F)(F)F)c1ccccc1.c1ccccc1. The van der Waals surface area contributed by atoms with Crippen molar-refractivity contribution in [1.29, 1.82) is 0 Å². The Morgan fingerprint density at radius 2 is 1.63 bits per heavy atom. The summed E-state index contributed by atoms with van der Waals surface area (Å²) in [5, 5.41) is 5.68. The summed E-state index contributed by atoms with van der Waals surface area (Å²) in [5.74, 6) is 0. The molecule has 0 radical (unpaired) electrons. The second-order valence-corrected chi connectivity index (χ2v) is 7.75. The molecule has 0 aliphatic carbocycles. The van der Waals surface area contributed by atoms with Gasteiger partial charge in [0.05, 0.1) is 6.04 Å². The maximum Gasteiger partial charge on any atom is 0.485 e. The first-order chi connectivity index (χ1) is 14.3. The average Bonchev–Trinajstić information content (AvgIpc) is 3.24. The fraction of sp³-hybridized carbons (Fsp3) is 0.381. The van der Waals surface area contributed by atoms with E-state index in [1.54, 1.807) is 30.3 Å². The van der Waals surface area contributed by atoms with E-state index in [4.69, 9.17) is 0 Å². The van der Waals surface area contributed by atoms with Crippen molar-refractivity contribution in [3.05, 3.63) is 72.3 Å². The van der Waals surface area contributed by atoms with Gasteiger partial charge in [-0.2, -0.15) is 13.2 Å². The molecule has 1 fully saturated rings. The van der Waals surface area contributed by atoms with Crippen molar-refractivity contribution >= 4 is 17.4 Å². The number of carbonyl (C=O) groups excluding carboxylic acids is 1. The molecule has 1 amide bonds. The molecule has 3 N–H and O–H groups in total. The Morgan fingerprint density at radius 3 is 2.00 bits per heavy atom. The summed E-state index contributed by atoms with van der Waals surface area (Å²) in [7, 11) is -3.14. The summed E-state index contributed by atoms with van der Waals surface area (Å²) in [6.07, 6.45) is 3.14. The van der Waals surface area contributed by atoms with E-state index in [0.717, 1.165) is 6.04 Å². The minimum atomic E-state index is -4.82. The molecule has 3 rings (SSSR count). The molecule has 1 saturated heterocycles. The van der Waals surface area contributed by atoms with Crippen molar-refractivity contribution in [2.45, 2.75) is 37.4 Å². The van der Waals surface area contributed by atoms with Crippen LogP contribution in [0.4, 0.5) is 13.2 Å². The number of alkyl halides is 3. The van der Waals surface area contributed by atoms with Gasteiger partial charge in [-0.25, -0.2) is 8.93 Å². The van der Waals surface area contributed by atoms with Crippen molar-refractivity contribution in [2.24, 2.45) is 0 Å². The molecule has 0 saturated carbocycles. The molecule has 9 heteroatoms. The third-order valence-corrected chi connectivity index (χ3v) is 4.92. The van der Waals surface area contributed by atoms with E-state index < -0.39 is 22.5 Å². The second-order valence-electron chi connectivity index (χ2n) is 6.46. The van der Waals surface area contributed by atoms with Gasteiger partial charge in [-0.1, -0.05) is 66.7 Å². The van der Waals surface area contributed by atoms with Gasteiger partial charge in [-0.3, -0.25) is 4.79 Å². The minimum absolute atomic E-state index is 0.283. The van der Waals surface area contributed by atoms with E-state index in [2.05, 4.69) is 17.6 Å². The average molecular weight is 444 g/mol. The second kappa shape index (κ2) is 14.7. The number of nitrogens with one attached hydrogen (secondary N) is 3. The lowest BCUT2D eigenvalue weighted by atomic mass is 10.1. The summed E-state index contributed by atoms with van der Waals surface area (Å²) in [5.41, 5.74) is -4.20. The third kappa shape index (κ3) is 11.7. The van der Waals surface area contributed by atoms with E-state index in [9.17, 15) is 22.2 Å². The van der Waals surface area contributed by atoms with Crippen molar-refractivity contribution < 1.29 is 22.2 Å². The molecule has 2 unspecified atom stereocenters. The van der Waals surface area contributed by atoms with Gasteiger partial charge in [-0.05, 0) is 31.9 Å². The normalized spacial score (nSPS) is 17.4. The van der Waals surface area contributed by atoms with Gasteiger partial charge >= 0.3 is 5.51 Å². The number of carbonyl (C=O) groups is 1. The maximum atomic E-state index is 12.0. The van der Waals surface area contributed by atoms with Crippen LogP contribution in [0.2, 0.25) is 0 Å². The van der Waals surface area contributed by atoms with Crippen molar-refractivity contribution in [1.82, 2.24) is 15.4 Å². The molecule has 166 valence electrons. The molecule has 2 aromatic rings. The Hall–Kier alpha value is -2.23. The van der Waals surface area contributed by atoms with Crippen LogP contribution in [0.1, 0.15) is 31.4 Å². The summed E-state index contributed by atoms with van der Waals surface area (Å²) in [6, 6.07) is 20.5. The summed E-state index contributed by atoms with van der Waals surface area (Å²) >= 11 is 0. The van der Waals surface area contributed by atoms with Gasteiger partial charge in [0.15, 0.2) is 11.0 Å². The molecule has 5 nitrogen and oxygen atoms in total. The van der Waals surface area contributed by atoms with Gasteiger partial charge in [0, 0.05) is 12.6 Å². The monoisotopic (exact) mass is 443 g/mol. The molecule has 1 aliphatic rings. The van der Waals surface area contributed by atoms with Crippen LogP contribution in [-0.4, -0.2) is 35.3 Å². The predicted molar refractivity (Wildman–Crippen MR) is 114 cm³/mol. The van der Waals surface area contributed by atoms with Gasteiger partial charge in [0.1, 0.15) is 0 Å². The summed E-state index contributed by atoms with van der Waals surface area (Å²) < 4.78 is 48.7. The van der Waals surface area contributed by atoms with Crippen molar-refractivity contribution in [3.63, 3.8) is 0 Å². The number of rotatable bonds is 6. The Kier molecular flexibility index (Phi) is 12.6. The zero-order chi connectivity index (χ0) is 22.2. The highest BCUT2D eigenvalue weighted by atomic mass is 32.2. The first-order valence-electron chi connectivity index (χ1n) is 9.54. The fourth-order valence-corrected chi connectivity index (χ4v) is 3.01. The highest BCUT2D eigenvalue weighted by molar-refractivity contribution is 7.83. The Balaban J connectivity index is 0.000000300. The minimum Gasteiger partial charge on any atom is -0.351 e. The van der Waals surface area contributed by atoms with Gasteiger partial charge in [-0.15, -0.1) is 0 Å². The number of hydrogen-bond donors (Lipinski definition) is 3. The van der Waals surface area contributed by atoms with E-state index in [0.29, 0.717) is 12.0 Å². The van der Waals surface area contributed by atoms with Crippen LogP contribution in [0, 0.1) is 0 Å². The zero-order valence-electron chi connectivity index (χ0n) is 16.8. The van der Waals surface area contributed by atoms with E-state index in [-0.39, 0.29) is 6.54 Å². The van der Waals surface area contributed by atoms with Crippen LogP contribution in [-0.2, 0) is 15.8 Å². The Morgan fingerprint density at radius 1 is 1.10 bits per heavy atom. The predicted octanol–water partition coefficient (Wildman–Crippen LogP) is 3.69. The topological polar surface area (TPSA) is 70.2 Å². The quantitative estimate of drug-likeness (QED) is 0.597. The van der Waals surface area contributed by atoms with E-state index >= 15 is 0 Å². The molecular weight excluding hydrogens is 415 g/mol. The number of benzene rings is 2. The lowest BCUT2D eigenvalue weighted by molar-refractivity contribution is -0.110.